The van der Waals surface area contributed by atoms with Gasteiger partial charge in [0.15, 0.2) is 0 Å². The van der Waals surface area contributed by atoms with Crippen molar-refractivity contribution in [1.29, 1.82) is 0 Å². The van der Waals surface area contributed by atoms with Crippen LogP contribution < -0.4 is 0 Å². The van der Waals surface area contributed by atoms with E-state index >= 15 is 0 Å². The summed E-state index contributed by atoms with van der Waals surface area (Å²) in [5.41, 5.74) is 0. The Hall–Kier alpha value is 0.0800. The van der Waals surface area contributed by atoms with E-state index in [2.05, 4.69) is 0 Å². The molecule has 52 valence electrons. The van der Waals surface area contributed by atoms with E-state index in [0.717, 1.165) is 6.92 Å². The molecule has 0 heterocycles. The van der Waals surface area contributed by atoms with Crippen LogP contribution in [0.2, 0.25) is 0 Å². The van der Waals surface area contributed by atoms with Crippen molar-refractivity contribution in [2.24, 2.45) is 0 Å². The van der Waals surface area contributed by atoms with Gasteiger partial charge in [0.1, 0.15) is 0 Å². The van der Waals surface area contributed by atoms with Crippen LogP contribution in [-0.2, 0) is 9.13 Å². The lowest BCUT2D eigenvalue weighted by Crippen LogP contribution is -2.11. The lowest BCUT2D eigenvalue weighted by atomic mass is 10.9. The van der Waals surface area contributed by atoms with Crippen LogP contribution in [0.5, 0.6) is 0 Å². The molecule has 0 radical (unpaired) electrons. The van der Waals surface area contributed by atoms with Gasteiger partial charge >= 0.3 is 21.1 Å². The molecule has 0 fully saturated rings. The van der Waals surface area contributed by atoms with Crippen LogP contribution in [0, 0.1) is 0 Å². The molecule has 0 aliphatic heterocycles. The van der Waals surface area contributed by atoms with Gasteiger partial charge in [0, 0.05) is 0 Å². The Morgan fingerprint density at radius 1 is 1.22 bits per heavy atom. The maximum atomic E-state index is 10.0. The molecule has 0 saturated heterocycles. The van der Waals surface area contributed by atoms with Crippen molar-refractivity contribution in [1.82, 2.24) is 0 Å². The first-order valence-electron chi connectivity index (χ1n) is 1.94. The highest BCUT2D eigenvalue weighted by molar-refractivity contribution is 7.59. The smallest absolute Gasteiger partial charge is 0.305 e. The first-order valence-corrected chi connectivity index (χ1v) is 4.36. The van der Waals surface area contributed by atoms with Gasteiger partial charge in [0.2, 0.25) is 0 Å². The molecular formula is C2H6O5P2+2. The molecule has 0 amide bonds. The molecule has 0 aliphatic carbocycles. The molecule has 7 heteroatoms. The Labute approximate surface area is 53.1 Å². The predicted molar refractivity (Wildman–Crippen MR) is 30.3 cm³/mol. The maximum absolute atomic E-state index is 10.0. The fourth-order valence-electron chi connectivity index (χ4n) is 0.0732. The quantitative estimate of drug-likeness (QED) is 0.514. The lowest BCUT2D eigenvalue weighted by molar-refractivity contribution is 0.201. The Balaban J connectivity index is 4.38. The van der Waals surface area contributed by atoms with Crippen molar-refractivity contribution in [3.05, 3.63) is 0 Å². The summed E-state index contributed by atoms with van der Waals surface area (Å²) in [7, 11) is -6.02. The lowest BCUT2D eigenvalue weighted by Gasteiger charge is -1.87. The highest BCUT2D eigenvalue weighted by Gasteiger charge is 2.62. The monoisotopic (exact) mass is 172 g/mol. The van der Waals surface area contributed by atoms with Crippen molar-refractivity contribution in [3.63, 3.8) is 0 Å². The summed E-state index contributed by atoms with van der Waals surface area (Å²) in [5, 5.41) is 6.23. The van der Waals surface area contributed by atoms with E-state index in [9.17, 15) is 9.13 Å². The molecule has 0 aliphatic rings. The Morgan fingerprint density at radius 2 is 1.44 bits per heavy atom. The van der Waals surface area contributed by atoms with Gasteiger partial charge in [-0.3, -0.25) is 0 Å². The van der Waals surface area contributed by atoms with E-state index in [1.54, 1.807) is 0 Å². The molecular weight excluding hydrogens is 166 g/mol. The summed E-state index contributed by atoms with van der Waals surface area (Å²) in [4.78, 5) is 16.3. The SMILES string of the molecule is CC(O)([P+](=O)O)[P+](=O)O. The normalized spacial score (nSPS) is 20.4. The van der Waals surface area contributed by atoms with Gasteiger partial charge < -0.3 is 5.11 Å². The van der Waals surface area contributed by atoms with Crippen molar-refractivity contribution in [3.8, 4) is 0 Å². The first-order chi connectivity index (χ1) is 3.89. The second-order valence-corrected chi connectivity index (χ2v) is 4.70. The van der Waals surface area contributed by atoms with Gasteiger partial charge in [0.25, 0.3) is 0 Å². The molecule has 2 atom stereocenters. The molecule has 0 aromatic heterocycles. The molecule has 3 N–H and O–H groups in total. The second kappa shape index (κ2) is 2.78. The molecule has 0 rings (SSSR count). The van der Waals surface area contributed by atoms with Crippen molar-refractivity contribution in [2.45, 2.75) is 12.0 Å². The Morgan fingerprint density at radius 3 is 1.44 bits per heavy atom. The molecule has 0 bridgehead atoms. The summed E-state index contributed by atoms with van der Waals surface area (Å²) >= 11 is 0. The van der Waals surface area contributed by atoms with E-state index in [-0.39, 0.29) is 0 Å². The fraction of sp³-hybridized carbons (Fsp3) is 1.00. The average molecular weight is 172 g/mol. The van der Waals surface area contributed by atoms with Crippen LogP contribution in [0.3, 0.4) is 0 Å². The Bertz CT molecular complexity index is 135. The van der Waals surface area contributed by atoms with E-state index in [0.29, 0.717) is 0 Å². The van der Waals surface area contributed by atoms with Gasteiger partial charge in [-0.25, -0.2) is 0 Å². The second-order valence-electron chi connectivity index (χ2n) is 1.52. The third-order valence-corrected chi connectivity index (χ3v) is 3.20. The first kappa shape index (κ1) is 9.08. The molecule has 2 unspecified atom stereocenters. The van der Waals surface area contributed by atoms with Gasteiger partial charge in [-0.2, -0.15) is 9.79 Å². The van der Waals surface area contributed by atoms with Crippen molar-refractivity contribution in [2.75, 3.05) is 0 Å². The van der Waals surface area contributed by atoms with Gasteiger partial charge in [-0.15, -0.1) is 0 Å². The van der Waals surface area contributed by atoms with E-state index in [1.807, 2.05) is 0 Å². The van der Waals surface area contributed by atoms with Crippen LogP contribution in [0.4, 0.5) is 0 Å². The summed E-state index contributed by atoms with van der Waals surface area (Å²) in [5.74, 6) is 0. The van der Waals surface area contributed by atoms with Gasteiger partial charge in [-0.05, 0) is 9.13 Å². The number of aliphatic hydroxyl groups is 1. The number of hydrogen-bond donors (Lipinski definition) is 3. The fourth-order valence-corrected chi connectivity index (χ4v) is 0.659. The number of rotatable bonds is 2. The Kier molecular flexibility index (Phi) is 2.80. The number of hydrogen-bond acceptors (Lipinski definition) is 3. The van der Waals surface area contributed by atoms with Gasteiger partial charge in [0.05, 0.1) is 6.92 Å². The third kappa shape index (κ3) is 2.05. The largest absolute Gasteiger partial charge is 0.599 e. The van der Waals surface area contributed by atoms with Crippen LogP contribution in [0.15, 0.2) is 0 Å². The van der Waals surface area contributed by atoms with E-state index in [4.69, 9.17) is 14.9 Å². The standard InChI is InChI=1S/C2H4O5P2/c1-2(3,8(4)5)9(6)7/h3H,1H3/p+2. The minimum Gasteiger partial charge on any atom is -0.305 e. The van der Waals surface area contributed by atoms with Crippen molar-refractivity contribution >= 4 is 16.1 Å². The molecule has 0 spiro atoms. The highest BCUT2D eigenvalue weighted by atomic mass is 31.2. The minimum atomic E-state index is -3.01. The third-order valence-electron chi connectivity index (χ3n) is 0.725. The minimum absolute atomic E-state index is 0.824. The van der Waals surface area contributed by atoms with E-state index < -0.39 is 21.1 Å². The molecule has 0 aromatic carbocycles. The van der Waals surface area contributed by atoms with Crippen LogP contribution in [0.25, 0.3) is 0 Å². The topological polar surface area (TPSA) is 94.8 Å². The molecule has 5 nitrogen and oxygen atoms in total. The van der Waals surface area contributed by atoms with Crippen LogP contribution in [-0.4, -0.2) is 20.0 Å². The summed E-state index contributed by atoms with van der Waals surface area (Å²) in [6, 6.07) is 0. The van der Waals surface area contributed by atoms with Gasteiger partial charge in [-0.1, -0.05) is 0 Å². The van der Waals surface area contributed by atoms with Crippen LogP contribution >= 0.6 is 16.1 Å². The van der Waals surface area contributed by atoms with Crippen molar-refractivity contribution < 1.29 is 24.0 Å². The zero-order valence-corrected chi connectivity index (χ0v) is 6.34. The van der Waals surface area contributed by atoms with Crippen LogP contribution in [0.1, 0.15) is 6.92 Å². The maximum Gasteiger partial charge on any atom is 0.599 e. The molecule has 9 heavy (non-hydrogen) atoms. The highest BCUT2D eigenvalue weighted by Crippen LogP contribution is 2.48. The summed E-state index contributed by atoms with van der Waals surface area (Å²) < 4.78 is 20.0. The zero-order chi connectivity index (χ0) is 7.65. The van der Waals surface area contributed by atoms with E-state index in [1.165, 1.54) is 0 Å². The average Bonchev–Trinajstić information content (AvgIpc) is 1.65. The predicted octanol–water partition coefficient (Wildman–Crippen LogP) is 0.122. The summed E-state index contributed by atoms with van der Waals surface area (Å²) in [6.07, 6.45) is 0. The summed E-state index contributed by atoms with van der Waals surface area (Å²) in [6.45, 7) is 0.824. The zero-order valence-electron chi connectivity index (χ0n) is 4.55. The molecule has 0 aromatic rings. The molecule has 0 saturated carbocycles.